The first-order chi connectivity index (χ1) is 11.0. The van der Waals surface area contributed by atoms with Gasteiger partial charge in [0.1, 0.15) is 11.3 Å². The second-order valence-corrected chi connectivity index (χ2v) is 6.16. The van der Waals surface area contributed by atoms with Crippen LogP contribution in [0.4, 0.5) is 5.13 Å². The fraction of sp³-hybridized carbons (Fsp3) is 0.133. The van der Waals surface area contributed by atoms with E-state index < -0.39 is 5.63 Å². The quantitative estimate of drug-likeness (QED) is 0.708. The van der Waals surface area contributed by atoms with Gasteiger partial charge in [-0.2, -0.15) is 0 Å². The minimum atomic E-state index is -0.619. The monoisotopic (exact) mass is 350 g/mol. The molecule has 0 aliphatic carbocycles. The van der Waals surface area contributed by atoms with Gasteiger partial charge in [0.05, 0.1) is 17.0 Å². The van der Waals surface area contributed by atoms with Crippen LogP contribution in [0.1, 0.15) is 11.1 Å². The number of carbonyl (C=O) groups excluding carboxylic acids is 1. The molecule has 0 aliphatic heterocycles. The summed E-state index contributed by atoms with van der Waals surface area (Å²) in [4.78, 5) is 28.1. The van der Waals surface area contributed by atoms with E-state index >= 15 is 0 Å². The molecule has 0 radical (unpaired) electrons. The van der Waals surface area contributed by atoms with Gasteiger partial charge in [0.2, 0.25) is 5.91 Å². The number of phenolic OH excluding ortho intramolecular Hbond substituents is 1. The molecule has 8 heteroatoms. The molecule has 0 bridgehead atoms. The lowest BCUT2D eigenvalue weighted by Crippen LogP contribution is -2.20. The number of benzene rings is 1. The van der Waals surface area contributed by atoms with E-state index in [9.17, 15) is 14.7 Å². The lowest BCUT2D eigenvalue weighted by molar-refractivity contribution is -0.115. The number of nitrogens with zero attached hydrogens (tertiary/aromatic N) is 1. The highest BCUT2D eigenvalue weighted by molar-refractivity contribution is 7.13. The molecule has 0 atom stereocenters. The van der Waals surface area contributed by atoms with E-state index in [1.807, 2.05) is 0 Å². The molecule has 1 amide bonds. The van der Waals surface area contributed by atoms with E-state index in [-0.39, 0.29) is 34.2 Å². The van der Waals surface area contributed by atoms with Gasteiger partial charge in [0.15, 0.2) is 5.13 Å². The number of amides is 1. The minimum Gasteiger partial charge on any atom is -0.506 e. The second-order valence-electron chi connectivity index (χ2n) is 4.86. The third-order valence-electron chi connectivity index (χ3n) is 3.37. The van der Waals surface area contributed by atoms with E-state index in [2.05, 4.69) is 10.3 Å². The predicted molar refractivity (Wildman–Crippen MR) is 88.3 cm³/mol. The van der Waals surface area contributed by atoms with Crippen LogP contribution < -0.4 is 10.9 Å². The molecule has 23 heavy (non-hydrogen) atoms. The van der Waals surface area contributed by atoms with Crippen molar-refractivity contribution in [3.05, 3.63) is 50.3 Å². The number of phenols is 1. The zero-order valence-electron chi connectivity index (χ0n) is 11.9. The van der Waals surface area contributed by atoms with Crippen LogP contribution >= 0.6 is 22.9 Å². The Hall–Kier alpha value is -2.38. The molecule has 0 aliphatic rings. The second kappa shape index (κ2) is 6.02. The number of fused-ring (bicyclic) bond motifs is 1. The number of hydrogen-bond acceptors (Lipinski definition) is 6. The van der Waals surface area contributed by atoms with Crippen molar-refractivity contribution in [1.29, 1.82) is 0 Å². The lowest BCUT2D eigenvalue weighted by atomic mass is 10.0. The summed E-state index contributed by atoms with van der Waals surface area (Å²) in [6, 6.07) is 2.79. The standard InChI is InChI=1S/C15H11ClN2O4S/c1-7-8-4-10(16)11(19)6-12(8)22-14(21)9(7)5-13(20)18-15-17-2-3-23-15/h2-4,6,19H,5H2,1H3,(H,17,18,20). The summed E-state index contributed by atoms with van der Waals surface area (Å²) in [6.07, 6.45) is 1.44. The minimum absolute atomic E-state index is 0.137. The molecule has 0 saturated carbocycles. The number of nitrogens with one attached hydrogen (secondary N) is 1. The maximum Gasteiger partial charge on any atom is 0.340 e. The average molecular weight is 351 g/mol. The normalized spacial score (nSPS) is 10.9. The molecule has 2 N–H and O–H groups in total. The molecule has 3 rings (SSSR count). The van der Waals surface area contributed by atoms with Gasteiger partial charge < -0.3 is 14.8 Å². The predicted octanol–water partition coefficient (Wildman–Crippen LogP) is 3.10. The Morgan fingerprint density at radius 3 is 2.96 bits per heavy atom. The van der Waals surface area contributed by atoms with Gasteiger partial charge in [-0.05, 0) is 18.6 Å². The van der Waals surface area contributed by atoms with Gasteiger partial charge in [0, 0.05) is 23.0 Å². The number of anilines is 1. The number of thiazole rings is 1. The zero-order valence-corrected chi connectivity index (χ0v) is 13.5. The number of aromatic nitrogens is 1. The fourth-order valence-corrected chi connectivity index (χ4v) is 2.92. The highest BCUT2D eigenvalue weighted by Gasteiger charge is 2.17. The number of rotatable bonds is 3. The zero-order chi connectivity index (χ0) is 16.6. The van der Waals surface area contributed by atoms with Gasteiger partial charge >= 0.3 is 5.63 Å². The van der Waals surface area contributed by atoms with E-state index in [0.717, 1.165) is 0 Å². The SMILES string of the molecule is Cc1c(CC(=O)Nc2nccs2)c(=O)oc2cc(O)c(Cl)cc12. The molecule has 0 spiro atoms. The third-order valence-corrected chi connectivity index (χ3v) is 4.36. The summed E-state index contributed by atoms with van der Waals surface area (Å²) in [5.41, 5.74) is 0.435. The summed E-state index contributed by atoms with van der Waals surface area (Å²) in [5, 5.41) is 15.1. The van der Waals surface area contributed by atoms with E-state index in [1.54, 1.807) is 18.5 Å². The van der Waals surface area contributed by atoms with Crippen molar-refractivity contribution in [2.24, 2.45) is 0 Å². The molecule has 2 heterocycles. The maximum atomic E-state index is 12.1. The molecule has 0 unspecified atom stereocenters. The first-order valence-electron chi connectivity index (χ1n) is 6.60. The van der Waals surface area contributed by atoms with E-state index in [4.69, 9.17) is 16.0 Å². The number of aryl methyl sites for hydroxylation is 1. The van der Waals surface area contributed by atoms with Crippen molar-refractivity contribution in [1.82, 2.24) is 4.98 Å². The molecule has 118 valence electrons. The van der Waals surface area contributed by atoms with Crippen molar-refractivity contribution >= 4 is 44.9 Å². The summed E-state index contributed by atoms with van der Waals surface area (Å²) < 4.78 is 5.18. The molecule has 1 aromatic carbocycles. The summed E-state index contributed by atoms with van der Waals surface area (Å²) >= 11 is 7.18. The highest BCUT2D eigenvalue weighted by Crippen LogP contribution is 2.30. The van der Waals surface area contributed by atoms with Crippen LogP contribution in [0.3, 0.4) is 0 Å². The first kappa shape index (κ1) is 15.5. The Kier molecular flexibility index (Phi) is 4.06. The number of carbonyl (C=O) groups is 1. The van der Waals surface area contributed by atoms with Crippen molar-refractivity contribution in [3.63, 3.8) is 0 Å². The van der Waals surface area contributed by atoms with Crippen molar-refractivity contribution < 1.29 is 14.3 Å². The van der Waals surface area contributed by atoms with Crippen LogP contribution in [0.5, 0.6) is 5.75 Å². The van der Waals surface area contributed by atoms with Crippen LogP contribution in [-0.4, -0.2) is 16.0 Å². The number of aromatic hydroxyl groups is 1. The Labute approximate surface area is 139 Å². The molecule has 2 aromatic heterocycles. The van der Waals surface area contributed by atoms with Crippen LogP contribution in [0.2, 0.25) is 5.02 Å². The summed E-state index contributed by atoms with van der Waals surface area (Å²) in [5.74, 6) is -0.532. The van der Waals surface area contributed by atoms with Crippen LogP contribution in [0.15, 0.2) is 32.9 Å². The Bertz CT molecular complexity index is 950. The van der Waals surface area contributed by atoms with Gasteiger partial charge in [-0.15, -0.1) is 11.3 Å². The molecule has 0 fully saturated rings. The van der Waals surface area contributed by atoms with Gasteiger partial charge in [-0.3, -0.25) is 4.79 Å². The molecular weight excluding hydrogens is 340 g/mol. The van der Waals surface area contributed by atoms with Crippen molar-refractivity contribution in [2.75, 3.05) is 5.32 Å². The highest BCUT2D eigenvalue weighted by atomic mass is 35.5. The number of hydrogen-bond donors (Lipinski definition) is 2. The number of halogens is 1. The summed E-state index contributed by atoms with van der Waals surface area (Å²) in [7, 11) is 0. The van der Waals surface area contributed by atoms with Gasteiger partial charge in [-0.25, -0.2) is 9.78 Å². The van der Waals surface area contributed by atoms with Crippen molar-refractivity contribution in [3.8, 4) is 5.75 Å². The molecule has 6 nitrogen and oxygen atoms in total. The smallest absolute Gasteiger partial charge is 0.340 e. The molecular formula is C15H11ClN2O4S. The maximum absolute atomic E-state index is 12.1. The average Bonchev–Trinajstić information content (AvgIpc) is 2.99. The molecule has 3 aromatic rings. The van der Waals surface area contributed by atoms with Crippen LogP contribution in [0, 0.1) is 6.92 Å². The van der Waals surface area contributed by atoms with Crippen LogP contribution in [0.25, 0.3) is 11.0 Å². The Morgan fingerprint density at radius 1 is 1.48 bits per heavy atom. The first-order valence-corrected chi connectivity index (χ1v) is 7.85. The van der Waals surface area contributed by atoms with Crippen molar-refractivity contribution in [2.45, 2.75) is 13.3 Å². The van der Waals surface area contributed by atoms with E-state index in [0.29, 0.717) is 16.1 Å². The fourth-order valence-electron chi connectivity index (χ4n) is 2.21. The Morgan fingerprint density at radius 2 is 2.26 bits per heavy atom. The van der Waals surface area contributed by atoms with Crippen LogP contribution in [-0.2, 0) is 11.2 Å². The third kappa shape index (κ3) is 3.06. The molecule has 0 saturated heterocycles. The van der Waals surface area contributed by atoms with E-state index in [1.165, 1.54) is 23.5 Å². The topological polar surface area (TPSA) is 92.4 Å². The van der Waals surface area contributed by atoms with Gasteiger partial charge in [-0.1, -0.05) is 11.6 Å². The lowest BCUT2D eigenvalue weighted by Gasteiger charge is -2.08. The largest absolute Gasteiger partial charge is 0.506 e. The summed E-state index contributed by atoms with van der Waals surface area (Å²) in [6.45, 7) is 1.71. The Balaban J connectivity index is 1.99. The van der Waals surface area contributed by atoms with Gasteiger partial charge in [0.25, 0.3) is 0 Å².